The maximum atomic E-state index is 3.56. The summed E-state index contributed by atoms with van der Waals surface area (Å²) in [6, 6.07) is 6.55. The predicted octanol–water partition coefficient (Wildman–Crippen LogP) is 3.99. The van der Waals surface area contributed by atoms with Gasteiger partial charge in [-0.2, -0.15) is 0 Å². The van der Waals surface area contributed by atoms with Gasteiger partial charge in [-0.15, -0.1) is 11.8 Å². The van der Waals surface area contributed by atoms with E-state index in [4.69, 9.17) is 0 Å². The molecule has 0 aromatic heterocycles. The van der Waals surface area contributed by atoms with Crippen LogP contribution >= 0.6 is 27.7 Å². The molecule has 0 saturated carbocycles. The second kappa shape index (κ2) is 7.67. The second-order valence-corrected chi connectivity index (χ2v) is 8.06. The van der Waals surface area contributed by atoms with Crippen LogP contribution in [0, 0.1) is 0 Å². The standard InChI is InChI=1S/C15H25BrN2S/c1-15(2,3)17-11-12-6-7-13(16)10-14(12)19-9-8-18(4)5/h6-7,10,17H,8-9,11H2,1-5H3. The lowest BCUT2D eigenvalue weighted by molar-refractivity contribution is 0.422. The van der Waals surface area contributed by atoms with E-state index in [1.807, 2.05) is 11.8 Å². The first-order chi connectivity index (χ1) is 8.78. The van der Waals surface area contributed by atoms with Crippen molar-refractivity contribution >= 4 is 27.7 Å². The Morgan fingerprint density at radius 3 is 2.53 bits per heavy atom. The van der Waals surface area contributed by atoms with Gasteiger partial charge in [-0.1, -0.05) is 22.0 Å². The predicted molar refractivity (Wildman–Crippen MR) is 90.0 cm³/mol. The summed E-state index contributed by atoms with van der Waals surface area (Å²) < 4.78 is 1.15. The van der Waals surface area contributed by atoms with E-state index in [0.29, 0.717) is 0 Å². The van der Waals surface area contributed by atoms with E-state index in [2.05, 4.69) is 79.2 Å². The largest absolute Gasteiger partial charge is 0.309 e. The van der Waals surface area contributed by atoms with Gasteiger partial charge in [-0.3, -0.25) is 0 Å². The zero-order valence-corrected chi connectivity index (χ0v) is 15.0. The molecule has 0 aliphatic rings. The highest BCUT2D eigenvalue weighted by Gasteiger charge is 2.11. The van der Waals surface area contributed by atoms with E-state index in [1.54, 1.807) is 0 Å². The van der Waals surface area contributed by atoms with E-state index in [1.165, 1.54) is 10.5 Å². The summed E-state index contributed by atoms with van der Waals surface area (Å²) in [7, 11) is 4.23. The first-order valence-corrected chi connectivity index (χ1v) is 8.37. The molecule has 0 fully saturated rings. The normalized spacial score (nSPS) is 12.2. The van der Waals surface area contributed by atoms with Gasteiger partial charge in [0.05, 0.1) is 0 Å². The van der Waals surface area contributed by atoms with Crippen LogP contribution < -0.4 is 5.32 Å². The van der Waals surface area contributed by atoms with Gasteiger partial charge in [0.2, 0.25) is 0 Å². The highest BCUT2D eigenvalue weighted by molar-refractivity contribution is 9.10. The van der Waals surface area contributed by atoms with Gasteiger partial charge in [0, 0.05) is 33.7 Å². The topological polar surface area (TPSA) is 15.3 Å². The SMILES string of the molecule is CN(C)CCSc1cc(Br)ccc1CNC(C)(C)C. The van der Waals surface area contributed by atoms with Crippen molar-refractivity contribution in [1.29, 1.82) is 0 Å². The summed E-state index contributed by atoms with van der Waals surface area (Å²) in [5.41, 5.74) is 1.53. The third-order valence-corrected chi connectivity index (χ3v) is 4.21. The van der Waals surface area contributed by atoms with Crippen LogP contribution in [0.5, 0.6) is 0 Å². The van der Waals surface area contributed by atoms with Crippen LogP contribution in [-0.2, 0) is 6.54 Å². The number of benzene rings is 1. The molecule has 1 N–H and O–H groups in total. The van der Waals surface area contributed by atoms with Gasteiger partial charge in [-0.25, -0.2) is 0 Å². The van der Waals surface area contributed by atoms with Crippen LogP contribution in [0.1, 0.15) is 26.3 Å². The van der Waals surface area contributed by atoms with E-state index in [9.17, 15) is 0 Å². The lowest BCUT2D eigenvalue weighted by atomic mass is 10.1. The molecule has 0 aliphatic carbocycles. The summed E-state index contributed by atoms with van der Waals surface area (Å²) in [6.07, 6.45) is 0. The fourth-order valence-corrected chi connectivity index (χ4v) is 3.23. The van der Waals surface area contributed by atoms with Gasteiger partial charge >= 0.3 is 0 Å². The molecule has 108 valence electrons. The van der Waals surface area contributed by atoms with Crippen molar-refractivity contribution in [2.75, 3.05) is 26.4 Å². The van der Waals surface area contributed by atoms with Crippen LogP contribution in [0.3, 0.4) is 0 Å². The van der Waals surface area contributed by atoms with Gasteiger partial charge in [0.25, 0.3) is 0 Å². The third kappa shape index (κ3) is 7.35. The second-order valence-electron chi connectivity index (χ2n) is 6.01. The quantitative estimate of drug-likeness (QED) is 0.785. The fraction of sp³-hybridized carbons (Fsp3) is 0.600. The molecule has 19 heavy (non-hydrogen) atoms. The summed E-state index contributed by atoms with van der Waals surface area (Å²) in [6.45, 7) is 8.62. The zero-order chi connectivity index (χ0) is 14.5. The van der Waals surface area contributed by atoms with Crippen molar-refractivity contribution in [2.45, 2.75) is 37.8 Å². The Morgan fingerprint density at radius 2 is 1.95 bits per heavy atom. The van der Waals surface area contributed by atoms with Crippen molar-refractivity contribution in [3.05, 3.63) is 28.2 Å². The minimum Gasteiger partial charge on any atom is -0.309 e. The molecule has 0 amide bonds. The number of hydrogen-bond donors (Lipinski definition) is 1. The van der Waals surface area contributed by atoms with Crippen LogP contribution in [0.25, 0.3) is 0 Å². The number of nitrogens with one attached hydrogen (secondary N) is 1. The molecule has 4 heteroatoms. The summed E-state index contributed by atoms with van der Waals surface area (Å²) in [4.78, 5) is 3.59. The Bertz CT molecular complexity index is 400. The Kier molecular flexibility index (Phi) is 6.87. The molecule has 0 unspecified atom stereocenters. The summed E-state index contributed by atoms with van der Waals surface area (Å²) >= 11 is 5.49. The number of thioether (sulfide) groups is 1. The molecule has 0 radical (unpaired) electrons. The van der Waals surface area contributed by atoms with Gasteiger partial charge in [-0.05, 0) is 52.6 Å². The van der Waals surface area contributed by atoms with E-state index in [-0.39, 0.29) is 5.54 Å². The Balaban J connectivity index is 2.68. The van der Waals surface area contributed by atoms with Crippen LogP contribution in [0.15, 0.2) is 27.6 Å². The maximum Gasteiger partial charge on any atom is 0.0221 e. The molecular formula is C15H25BrN2S. The number of rotatable bonds is 6. The summed E-state index contributed by atoms with van der Waals surface area (Å²) in [5, 5.41) is 3.56. The van der Waals surface area contributed by atoms with Crippen LogP contribution in [0.2, 0.25) is 0 Å². The molecule has 0 saturated heterocycles. The lowest BCUT2D eigenvalue weighted by Crippen LogP contribution is -2.35. The van der Waals surface area contributed by atoms with E-state index < -0.39 is 0 Å². The fourth-order valence-electron chi connectivity index (χ4n) is 1.51. The Labute approximate surface area is 130 Å². The molecule has 0 heterocycles. The molecular weight excluding hydrogens is 320 g/mol. The van der Waals surface area contributed by atoms with Gasteiger partial charge in [0.15, 0.2) is 0 Å². The van der Waals surface area contributed by atoms with Crippen LogP contribution in [-0.4, -0.2) is 36.8 Å². The smallest absolute Gasteiger partial charge is 0.0221 e. The summed E-state index contributed by atoms with van der Waals surface area (Å²) in [5.74, 6) is 1.12. The Morgan fingerprint density at radius 1 is 1.26 bits per heavy atom. The van der Waals surface area contributed by atoms with Gasteiger partial charge < -0.3 is 10.2 Å². The van der Waals surface area contributed by atoms with Gasteiger partial charge in [0.1, 0.15) is 0 Å². The van der Waals surface area contributed by atoms with Crippen molar-refractivity contribution in [3.63, 3.8) is 0 Å². The van der Waals surface area contributed by atoms with Crippen LogP contribution in [0.4, 0.5) is 0 Å². The molecule has 1 aromatic carbocycles. The third-order valence-electron chi connectivity index (χ3n) is 2.63. The molecule has 1 aromatic rings. The first-order valence-electron chi connectivity index (χ1n) is 6.59. The van der Waals surface area contributed by atoms with E-state index in [0.717, 1.165) is 23.3 Å². The monoisotopic (exact) mass is 344 g/mol. The zero-order valence-electron chi connectivity index (χ0n) is 12.6. The average Bonchev–Trinajstić information content (AvgIpc) is 2.26. The highest BCUT2D eigenvalue weighted by Crippen LogP contribution is 2.27. The van der Waals surface area contributed by atoms with Crippen molar-refractivity contribution in [1.82, 2.24) is 10.2 Å². The lowest BCUT2D eigenvalue weighted by Gasteiger charge is -2.22. The molecule has 0 bridgehead atoms. The molecule has 0 spiro atoms. The number of hydrogen-bond acceptors (Lipinski definition) is 3. The number of nitrogens with zero attached hydrogens (tertiary/aromatic N) is 1. The van der Waals surface area contributed by atoms with Crippen molar-refractivity contribution in [3.8, 4) is 0 Å². The highest BCUT2D eigenvalue weighted by atomic mass is 79.9. The minimum absolute atomic E-state index is 0.151. The number of halogens is 1. The molecule has 0 atom stereocenters. The minimum atomic E-state index is 0.151. The van der Waals surface area contributed by atoms with Crippen molar-refractivity contribution < 1.29 is 0 Å². The molecule has 0 aliphatic heterocycles. The molecule has 2 nitrogen and oxygen atoms in total. The maximum absolute atomic E-state index is 3.56. The Hall–Kier alpha value is -0.0300. The molecule has 1 rings (SSSR count). The first kappa shape index (κ1) is 17.0. The average molecular weight is 345 g/mol. The van der Waals surface area contributed by atoms with Crippen molar-refractivity contribution in [2.24, 2.45) is 0 Å². The van der Waals surface area contributed by atoms with E-state index >= 15 is 0 Å².